The summed E-state index contributed by atoms with van der Waals surface area (Å²) in [5.41, 5.74) is 1.16. The van der Waals surface area contributed by atoms with Crippen molar-refractivity contribution in [3.8, 4) is 5.82 Å². The average Bonchev–Trinajstić information content (AvgIpc) is 3.23. The van der Waals surface area contributed by atoms with E-state index in [2.05, 4.69) is 31.7 Å². The molecule has 7 heteroatoms. The Bertz CT molecular complexity index is 680. The summed E-state index contributed by atoms with van der Waals surface area (Å²) in [6, 6.07) is 4.08. The second kappa shape index (κ2) is 11.9. The molecule has 1 fully saturated rings. The summed E-state index contributed by atoms with van der Waals surface area (Å²) in [6.45, 7) is 1.69. The lowest BCUT2D eigenvalue weighted by Crippen LogP contribution is -2.37. The Morgan fingerprint density at radius 1 is 1.22 bits per heavy atom. The van der Waals surface area contributed by atoms with Crippen molar-refractivity contribution in [1.29, 1.82) is 0 Å². The minimum absolute atomic E-state index is 0. The minimum atomic E-state index is 0. The van der Waals surface area contributed by atoms with Crippen molar-refractivity contribution in [2.45, 2.75) is 51.5 Å². The van der Waals surface area contributed by atoms with Crippen LogP contribution in [0, 0.1) is 5.92 Å². The van der Waals surface area contributed by atoms with E-state index in [0.717, 1.165) is 29.8 Å². The van der Waals surface area contributed by atoms with Crippen LogP contribution >= 0.6 is 24.0 Å². The zero-order chi connectivity index (χ0) is 18.0. The number of halogens is 1. The lowest BCUT2D eigenvalue weighted by atomic mass is 9.86. The van der Waals surface area contributed by atoms with Gasteiger partial charge in [-0.05, 0) is 36.5 Å². The van der Waals surface area contributed by atoms with Crippen LogP contribution in [0.2, 0.25) is 0 Å². The van der Waals surface area contributed by atoms with Gasteiger partial charge >= 0.3 is 0 Å². The number of imidazole rings is 1. The van der Waals surface area contributed by atoms with Gasteiger partial charge < -0.3 is 10.6 Å². The largest absolute Gasteiger partial charge is 0.356 e. The standard InChI is InChI=1S/C20H30N6.HI/c1-21-20(24-10-5-8-17-6-3-2-4-7-17)25-15-18-9-11-23-19(14-18)26-13-12-22-16-26;/h9,11-14,16-17H,2-8,10,15H2,1H3,(H2,21,24,25);1H. The van der Waals surface area contributed by atoms with Gasteiger partial charge in [0.1, 0.15) is 12.1 Å². The highest BCUT2D eigenvalue weighted by atomic mass is 127. The highest BCUT2D eigenvalue weighted by Gasteiger charge is 2.12. The van der Waals surface area contributed by atoms with Crippen molar-refractivity contribution in [2.24, 2.45) is 10.9 Å². The van der Waals surface area contributed by atoms with E-state index in [0.29, 0.717) is 6.54 Å². The van der Waals surface area contributed by atoms with Gasteiger partial charge in [-0.1, -0.05) is 32.1 Å². The van der Waals surface area contributed by atoms with Crippen LogP contribution in [-0.4, -0.2) is 34.1 Å². The molecule has 0 unspecified atom stereocenters. The maximum Gasteiger partial charge on any atom is 0.191 e. The summed E-state index contributed by atoms with van der Waals surface area (Å²) in [5, 5.41) is 6.81. The molecule has 0 atom stereocenters. The molecule has 2 heterocycles. The Kier molecular flexibility index (Phi) is 9.58. The number of guanidine groups is 1. The number of pyridine rings is 1. The number of rotatable bonds is 7. The molecule has 2 aromatic rings. The number of nitrogens with zero attached hydrogens (tertiary/aromatic N) is 4. The van der Waals surface area contributed by atoms with Crippen molar-refractivity contribution in [1.82, 2.24) is 25.2 Å². The van der Waals surface area contributed by atoms with Gasteiger partial charge in [0.25, 0.3) is 0 Å². The number of hydrogen-bond acceptors (Lipinski definition) is 3. The normalized spacial score (nSPS) is 15.2. The third-order valence-electron chi connectivity index (χ3n) is 5.07. The van der Waals surface area contributed by atoms with Crippen LogP contribution in [0.25, 0.3) is 5.82 Å². The molecule has 1 aliphatic rings. The summed E-state index contributed by atoms with van der Waals surface area (Å²) < 4.78 is 1.90. The summed E-state index contributed by atoms with van der Waals surface area (Å²) in [4.78, 5) is 12.8. The van der Waals surface area contributed by atoms with Gasteiger partial charge in [-0.25, -0.2) is 9.97 Å². The molecule has 1 aliphatic carbocycles. The van der Waals surface area contributed by atoms with E-state index in [1.54, 1.807) is 12.5 Å². The fraction of sp³-hybridized carbons (Fsp3) is 0.550. The van der Waals surface area contributed by atoms with Gasteiger partial charge in [0, 0.05) is 38.7 Å². The maximum atomic E-state index is 4.38. The smallest absolute Gasteiger partial charge is 0.191 e. The van der Waals surface area contributed by atoms with Gasteiger partial charge in [0.05, 0.1) is 0 Å². The van der Waals surface area contributed by atoms with Crippen molar-refractivity contribution in [3.05, 3.63) is 42.6 Å². The Morgan fingerprint density at radius 3 is 2.81 bits per heavy atom. The van der Waals surface area contributed by atoms with Crippen LogP contribution in [0.15, 0.2) is 42.0 Å². The lowest BCUT2D eigenvalue weighted by Gasteiger charge is -2.21. The third-order valence-corrected chi connectivity index (χ3v) is 5.07. The number of hydrogen-bond donors (Lipinski definition) is 2. The molecule has 6 nitrogen and oxygen atoms in total. The third kappa shape index (κ3) is 7.12. The Labute approximate surface area is 179 Å². The summed E-state index contributed by atoms with van der Waals surface area (Å²) in [5.74, 6) is 2.67. The van der Waals surface area contributed by atoms with Crippen LogP contribution in [0.1, 0.15) is 50.5 Å². The number of aromatic nitrogens is 3. The molecule has 0 bridgehead atoms. The van der Waals surface area contributed by atoms with Gasteiger partial charge in [0.15, 0.2) is 5.96 Å². The van der Waals surface area contributed by atoms with Crippen molar-refractivity contribution >= 4 is 29.9 Å². The highest BCUT2D eigenvalue weighted by molar-refractivity contribution is 14.0. The summed E-state index contributed by atoms with van der Waals surface area (Å²) in [7, 11) is 1.82. The molecule has 0 aromatic carbocycles. The van der Waals surface area contributed by atoms with Crippen molar-refractivity contribution < 1.29 is 0 Å². The Hall–Kier alpha value is -1.64. The fourth-order valence-corrected chi connectivity index (χ4v) is 3.59. The van der Waals surface area contributed by atoms with Crippen molar-refractivity contribution in [2.75, 3.05) is 13.6 Å². The molecular weight excluding hydrogens is 451 g/mol. The highest BCUT2D eigenvalue weighted by Crippen LogP contribution is 2.26. The predicted octanol–water partition coefficient (Wildman–Crippen LogP) is 3.91. The maximum absolute atomic E-state index is 4.38. The van der Waals surface area contributed by atoms with Crippen LogP contribution < -0.4 is 10.6 Å². The predicted molar refractivity (Wildman–Crippen MR) is 121 cm³/mol. The first kappa shape index (κ1) is 21.7. The SMILES string of the molecule is CN=C(NCCCC1CCCCC1)NCc1ccnc(-n2ccnc2)c1.I. The Morgan fingerprint density at radius 2 is 2.07 bits per heavy atom. The molecule has 0 spiro atoms. The fourth-order valence-electron chi connectivity index (χ4n) is 3.59. The summed E-state index contributed by atoms with van der Waals surface area (Å²) in [6.07, 6.45) is 16.9. The molecule has 1 saturated carbocycles. The van der Waals surface area contributed by atoms with E-state index in [1.165, 1.54) is 44.9 Å². The molecule has 3 rings (SSSR count). The first-order chi connectivity index (χ1) is 12.8. The number of nitrogens with one attached hydrogen (secondary N) is 2. The van der Waals surface area contributed by atoms with Crippen LogP contribution in [0.4, 0.5) is 0 Å². The van der Waals surface area contributed by atoms with Crippen LogP contribution in [-0.2, 0) is 6.54 Å². The molecule has 0 aliphatic heterocycles. The van der Waals surface area contributed by atoms with E-state index in [9.17, 15) is 0 Å². The van der Waals surface area contributed by atoms with Crippen LogP contribution in [0.3, 0.4) is 0 Å². The van der Waals surface area contributed by atoms with Gasteiger partial charge in [0.2, 0.25) is 0 Å². The zero-order valence-corrected chi connectivity index (χ0v) is 18.4. The first-order valence-electron chi connectivity index (χ1n) is 9.73. The molecular formula is C20H31IN6. The molecule has 0 saturated heterocycles. The number of aliphatic imine (C=N–C) groups is 1. The molecule has 27 heavy (non-hydrogen) atoms. The molecule has 0 amide bonds. The van der Waals surface area contributed by atoms with Gasteiger partial charge in [-0.2, -0.15) is 0 Å². The van der Waals surface area contributed by atoms with E-state index in [-0.39, 0.29) is 24.0 Å². The molecule has 2 N–H and O–H groups in total. The summed E-state index contributed by atoms with van der Waals surface area (Å²) >= 11 is 0. The zero-order valence-electron chi connectivity index (χ0n) is 16.1. The minimum Gasteiger partial charge on any atom is -0.356 e. The average molecular weight is 482 g/mol. The molecule has 148 valence electrons. The second-order valence-corrected chi connectivity index (χ2v) is 6.99. The van der Waals surface area contributed by atoms with E-state index < -0.39 is 0 Å². The van der Waals surface area contributed by atoms with Gasteiger partial charge in [-0.3, -0.25) is 9.56 Å². The molecule has 0 radical (unpaired) electrons. The van der Waals surface area contributed by atoms with E-state index in [1.807, 2.05) is 30.1 Å². The van der Waals surface area contributed by atoms with E-state index >= 15 is 0 Å². The first-order valence-corrected chi connectivity index (χ1v) is 9.73. The van der Waals surface area contributed by atoms with E-state index in [4.69, 9.17) is 0 Å². The van der Waals surface area contributed by atoms with Crippen molar-refractivity contribution in [3.63, 3.8) is 0 Å². The lowest BCUT2D eigenvalue weighted by molar-refractivity contribution is 0.332. The Balaban J connectivity index is 0.00000261. The second-order valence-electron chi connectivity index (χ2n) is 6.99. The van der Waals surface area contributed by atoms with Crippen LogP contribution in [0.5, 0.6) is 0 Å². The van der Waals surface area contributed by atoms with Gasteiger partial charge in [-0.15, -0.1) is 24.0 Å². The topological polar surface area (TPSA) is 67.1 Å². The monoisotopic (exact) mass is 482 g/mol. The quantitative estimate of drug-likeness (QED) is 0.272. The molecule has 2 aromatic heterocycles.